The third-order valence-electron chi connectivity index (χ3n) is 1.79. The molecule has 0 aromatic rings. The summed E-state index contributed by atoms with van der Waals surface area (Å²) in [6.45, 7) is 6.91. The smallest absolute Gasteiger partial charge is 0.331 e. The lowest BCUT2D eigenvalue weighted by molar-refractivity contribution is 0.142. The zero-order chi connectivity index (χ0) is 9.61. The number of hydrogen-bond donors (Lipinski definition) is 1. The molecule has 0 saturated carbocycles. The van der Waals surface area contributed by atoms with Crippen LogP contribution in [0.25, 0.3) is 0 Å². The van der Waals surface area contributed by atoms with Gasteiger partial charge in [-0.25, -0.2) is 0 Å². The lowest BCUT2D eigenvalue weighted by atomic mass is 10.2. The molecule has 1 unspecified atom stereocenters. The third-order valence-corrected chi connectivity index (χ3v) is 3.74. The third kappa shape index (κ3) is 5.71. The molecule has 0 aliphatic carbocycles. The average Bonchev–Trinajstić information content (AvgIpc) is 2.00. The molecule has 0 rings (SSSR count). The van der Waals surface area contributed by atoms with E-state index in [-0.39, 0.29) is 6.10 Å². The van der Waals surface area contributed by atoms with Crippen molar-refractivity contribution in [1.82, 2.24) is 0 Å². The van der Waals surface area contributed by atoms with Crippen LogP contribution >= 0.6 is 0 Å². The fourth-order valence-electron chi connectivity index (χ4n) is 0.997. The molecule has 0 bridgehead atoms. The minimum Gasteiger partial charge on any atom is -0.398 e. The second-order valence-corrected chi connectivity index (χ2v) is 6.91. The van der Waals surface area contributed by atoms with Crippen LogP contribution < -0.4 is 5.73 Å². The lowest BCUT2D eigenvalue weighted by Gasteiger charge is -2.25. The molecule has 0 fully saturated rings. The van der Waals surface area contributed by atoms with Crippen LogP contribution in [0.2, 0.25) is 13.1 Å². The Kier molecular flexibility index (Phi) is 5.74. The summed E-state index contributed by atoms with van der Waals surface area (Å²) in [7, 11) is -0.121. The predicted molar refractivity (Wildman–Crippen MR) is 53.3 cm³/mol. The highest BCUT2D eigenvalue weighted by atomic mass is 28.4. The van der Waals surface area contributed by atoms with Crippen molar-refractivity contribution >= 4 is 8.56 Å². The Morgan fingerprint density at radius 3 is 2.42 bits per heavy atom. The predicted octanol–water partition coefficient (Wildman–Crippen LogP) is 1.48. The molecule has 0 aliphatic heterocycles. The second kappa shape index (κ2) is 5.69. The van der Waals surface area contributed by atoms with E-state index in [1.807, 2.05) is 13.1 Å². The van der Waals surface area contributed by atoms with E-state index < -0.39 is 8.56 Å². The van der Waals surface area contributed by atoms with Crippen LogP contribution in [0, 0.1) is 0 Å². The van der Waals surface area contributed by atoms with Crippen LogP contribution in [0.4, 0.5) is 0 Å². The Morgan fingerprint density at radius 2 is 2.00 bits per heavy atom. The lowest BCUT2D eigenvalue weighted by Crippen LogP contribution is -2.37. The van der Waals surface area contributed by atoms with Gasteiger partial charge >= 0.3 is 8.56 Å². The maximum Gasteiger partial charge on any atom is 0.331 e. The second-order valence-electron chi connectivity index (χ2n) is 3.46. The zero-order valence-electron chi connectivity index (χ0n) is 8.59. The van der Waals surface area contributed by atoms with Gasteiger partial charge in [0.1, 0.15) is 0 Å². The summed E-state index contributed by atoms with van der Waals surface area (Å²) in [5.74, 6) is 0. The largest absolute Gasteiger partial charge is 0.398 e. The zero-order valence-corrected chi connectivity index (χ0v) is 9.59. The molecule has 0 radical (unpaired) electrons. The summed E-state index contributed by atoms with van der Waals surface area (Å²) in [6, 6.07) is 0. The van der Waals surface area contributed by atoms with Crippen molar-refractivity contribution in [2.75, 3.05) is 13.7 Å². The van der Waals surface area contributed by atoms with Gasteiger partial charge in [0, 0.05) is 13.2 Å². The maximum absolute atomic E-state index is 5.75. The topological polar surface area (TPSA) is 44.5 Å². The van der Waals surface area contributed by atoms with Crippen molar-refractivity contribution < 1.29 is 8.85 Å². The minimum atomic E-state index is -1.83. The van der Waals surface area contributed by atoms with E-state index >= 15 is 0 Å². The Hall–Kier alpha value is 0.0969. The van der Waals surface area contributed by atoms with Crippen LogP contribution in [0.15, 0.2) is 0 Å². The fraction of sp³-hybridized carbons (Fsp3) is 1.00. The van der Waals surface area contributed by atoms with Crippen molar-refractivity contribution in [3.05, 3.63) is 0 Å². The van der Waals surface area contributed by atoms with Crippen LogP contribution in [0.5, 0.6) is 0 Å². The Morgan fingerprint density at radius 1 is 1.42 bits per heavy atom. The first-order chi connectivity index (χ1) is 5.52. The quantitative estimate of drug-likeness (QED) is 0.647. The molecule has 0 heterocycles. The van der Waals surface area contributed by atoms with Gasteiger partial charge in [0.25, 0.3) is 0 Å². The van der Waals surface area contributed by atoms with Crippen molar-refractivity contribution in [2.45, 2.75) is 39.0 Å². The Balaban J connectivity index is 3.60. The fourth-order valence-corrected chi connectivity index (χ4v) is 2.18. The van der Waals surface area contributed by atoms with Crippen LogP contribution in [0.1, 0.15) is 19.8 Å². The molecule has 0 amide bonds. The maximum atomic E-state index is 5.75. The number of hydrogen-bond acceptors (Lipinski definition) is 3. The van der Waals surface area contributed by atoms with Gasteiger partial charge in [0.2, 0.25) is 0 Å². The number of rotatable bonds is 6. The average molecular weight is 191 g/mol. The van der Waals surface area contributed by atoms with E-state index in [1.54, 1.807) is 7.11 Å². The molecular weight excluding hydrogens is 170 g/mol. The standard InChI is InChI=1S/C8H21NO2Si/c1-8(6-5-7-9)11-12(3,4)10-2/h8H,5-7,9H2,1-4H3. The summed E-state index contributed by atoms with van der Waals surface area (Å²) in [4.78, 5) is 0. The summed E-state index contributed by atoms with van der Waals surface area (Å²) in [5.41, 5.74) is 5.40. The molecule has 0 aromatic carbocycles. The molecule has 0 spiro atoms. The van der Waals surface area contributed by atoms with Gasteiger partial charge in [-0.15, -0.1) is 0 Å². The van der Waals surface area contributed by atoms with Crippen molar-refractivity contribution in [3.63, 3.8) is 0 Å². The van der Waals surface area contributed by atoms with Crippen LogP contribution in [-0.2, 0) is 8.85 Å². The van der Waals surface area contributed by atoms with E-state index in [0.29, 0.717) is 0 Å². The van der Waals surface area contributed by atoms with Gasteiger partial charge in [-0.3, -0.25) is 0 Å². The van der Waals surface area contributed by atoms with Gasteiger partial charge in [-0.1, -0.05) is 0 Å². The molecule has 74 valence electrons. The van der Waals surface area contributed by atoms with E-state index in [1.165, 1.54) is 0 Å². The van der Waals surface area contributed by atoms with Gasteiger partial charge in [-0.2, -0.15) is 0 Å². The van der Waals surface area contributed by atoms with E-state index in [2.05, 4.69) is 6.92 Å². The normalized spacial score (nSPS) is 14.8. The first-order valence-electron chi connectivity index (χ1n) is 4.45. The monoisotopic (exact) mass is 191 g/mol. The SMILES string of the molecule is CO[Si](C)(C)OC(C)CCCN. The van der Waals surface area contributed by atoms with E-state index in [0.717, 1.165) is 19.4 Å². The highest BCUT2D eigenvalue weighted by Gasteiger charge is 2.24. The van der Waals surface area contributed by atoms with Gasteiger partial charge in [0.05, 0.1) is 0 Å². The molecular formula is C8H21NO2Si. The molecule has 0 aliphatic rings. The van der Waals surface area contributed by atoms with E-state index in [9.17, 15) is 0 Å². The molecule has 12 heavy (non-hydrogen) atoms. The molecule has 0 saturated heterocycles. The molecule has 4 heteroatoms. The summed E-state index contributed by atoms with van der Waals surface area (Å²) >= 11 is 0. The van der Waals surface area contributed by atoms with Crippen molar-refractivity contribution in [1.29, 1.82) is 0 Å². The van der Waals surface area contributed by atoms with Crippen molar-refractivity contribution in [3.8, 4) is 0 Å². The van der Waals surface area contributed by atoms with Crippen LogP contribution in [0.3, 0.4) is 0 Å². The van der Waals surface area contributed by atoms with Gasteiger partial charge in [-0.05, 0) is 39.4 Å². The molecule has 0 aromatic heterocycles. The summed E-state index contributed by atoms with van der Waals surface area (Å²) in [6.07, 6.45) is 2.32. The van der Waals surface area contributed by atoms with Crippen molar-refractivity contribution in [2.24, 2.45) is 5.73 Å². The van der Waals surface area contributed by atoms with Gasteiger partial charge in [0.15, 0.2) is 0 Å². The Labute approximate surface area is 76.5 Å². The first-order valence-corrected chi connectivity index (χ1v) is 7.26. The summed E-state index contributed by atoms with van der Waals surface area (Å²) < 4.78 is 11.0. The highest BCUT2D eigenvalue weighted by Crippen LogP contribution is 2.11. The number of nitrogens with two attached hydrogens (primary N) is 1. The Bertz CT molecular complexity index is 120. The molecule has 1 atom stereocenters. The van der Waals surface area contributed by atoms with Gasteiger partial charge < -0.3 is 14.6 Å². The molecule has 3 nitrogen and oxygen atoms in total. The molecule has 2 N–H and O–H groups in total. The van der Waals surface area contributed by atoms with Crippen LogP contribution in [-0.4, -0.2) is 28.3 Å². The minimum absolute atomic E-state index is 0.273. The summed E-state index contributed by atoms with van der Waals surface area (Å²) in [5, 5.41) is 0. The van der Waals surface area contributed by atoms with E-state index in [4.69, 9.17) is 14.6 Å². The first kappa shape index (κ1) is 12.1. The highest BCUT2D eigenvalue weighted by molar-refractivity contribution is 6.64.